The van der Waals surface area contributed by atoms with Gasteiger partial charge in [0.05, 0.1) is 86.7 Å². The van der Waals surface area contributed by atoms with Gasteiger partial charge in [-0.05, 0) is 146 Å². The van der Waals surface area contributed by atoms with Gasteiger partial charge >= 0.3 is 0 Å². The number of nitrogens with zero attached hydrogens (tertiary/aromatic N) is 19. The van der Waals surface area contributed by atoms with Crippen molar-refractivity contribution in [1.82, 2.24) is 95.4 Å². The van der Waals surface area contributed by atoms with E-state index in [0.717, 1.165) is 97.3 Å². The maximum Gasteiger partial charge on any atom is 0.283 e. The van der Waals surface area contributed by atoms with E-state index in [9.17, 15) is 8.42 Å². The Morgan fingerprint density at radius 3 is 1.20 bits per heavy atom. The third kappa shape index (κ3) is 17.9. The van der Waals surface area contributed by atoms with Gasteiger partial charge in [0.2, 0.25) is 17.7 Å². The second-order valence-electron chi connectivity index (χ2n) is 26.3. The van der Waals surface area contributed by atoms with Gasteiger partial charge in [0, 0.05) is 82.9 Å². The zero-order chi connectivity index (χ0) is 78.4. The fourth-order valence-corrected chi connectivity index (χ4v) is 12.3. The minimum Gasteiger partial charge on any atom is -0.459 e. The normalized spacial score (nSPS) is 11.2. The van der Waals surface area contributed by atoms with Crippen LogP contribution in [0.3, 0.4) is 0 Å². The van der Waals surface area contributed by atoms with E-state index in [4.69, 9.17) is 32.1 Å². The van der Waals surface area contributed by atoms with Crippen molar-refractivity contribution in [3.63, 3.8) is 0 Å². The van der Waals surface area contributed by atoms with Crippen molar-refractivity contribution in [1.29, 1.82) is 0 Å². The molecule has 27 heteroatoms. The van der Waals surface area contributed by atoms with Gasteiger partial charge in [0.15, 0.2) is 15.6 Å². The molecule has 0 fully saturated rings. The molecule has 112 heavy (non-hydrogen) atoms. The van der Waals surface area contributed by atoms with Crippen LogP contribution in [-0.2, 0) is 22.8 Å². The molecule has 0 radical (unpaired) electrons. The van der Waals surface area contributed by atoms with Crippen LogP contribution in [0.15, 0.2) is 259 Å². The summed E-state index contributed by atoms with van der Waals surface area (Å²) in [4.78, 5) is 45.5. The smallest absolute Gasteiger partial charge is 0.283 e. The highest BCUT2D eigenvalue weighted by molar-refractivity contribution is 7.92. The predicted octanol–water partition coefficient (Wildman–Crippen LogP) is 18.0. The first-order chi connectivity index (χ1) is 54.2. The summed E-state index contributed by atoms with van der Waals surface area (Å²) in [5.41, 5.74) is 18.3. The molecular formula is C85H85N19O7S. The summed E-state index contributed by atoms with van der Waals surface area (Å²) < 4.78 is 53.2. The van der Waals surface area contributed by atoms with Crippen LogP contribution in [0.5, 0.6) is 0 Å². The van der Waals surface area contributed by atoms with E-state index in [2.05, 4.69) is 106 Å². The molecule has 0 N–H and O–H groups in total. The second kappa shape index (κ2) is 34.5. The third-order valence-electron chi connectivity index (χ3n) is 17.5. The van der Waals surface area contributed by atoms with Gasteiger partial charge in [0.1, 0.15) is 22.8 Å². The summed E-state index contributed by atoms with van der Waals surface area (Å²) in [6.07, 6.45) is 11.2. The molecule has 0 aliphatic rings. The molecule has 26 nitrogen and oxygen atoms in total. The lowest BCUT2D eigenvalue weighted by molar-refractivity contribution is 0.403. The van der Waals surface area contributed by atoms with Crippen LogP contribution in [0.2, 0.25) is 0 Å². The maximum atomic E-state index is 12.3. The Morgan fingerprint density at radius 2 is 0.795 bits per heavy atom. The van der Waals surface area contributed by atoms with Crippen molar-refractivity contribution in [3.05, 3.63) is 271 Å². The highest BCUT2D eigenvalue weighted by Gasteiger charge is 2.24. The fraction of sp³-hybridized carbons (Fsp3) is 0.165. The maximum absolute atomic E-state index is 12.3. The van der Waals surface area contributed by atoms with Crippen LogP contribution in [0, 0.1) is 27.7 Å². The predicted molar refractivity (Wildman–Crippen MR) is 434 cm³/mol. The van der Waals surface area contributed by atoms with Crippen molar-refractivity contribution in [2.45, 2.75) is 71.6 Å². The lowest BCUT2D eigenvalue weighted by atomic mass is 10.0. The number of hydrogen-bond donors (Lipinski definition) is 0. The molecule has 0 aliphatic heterocycles. The summed E-state index contributed by atoms with van der Waals surface area (Å²) in [7, 11) is 4.70. The van der Waals surface area contributed by atoms with Gasteiger partial charge in [0.25, 0.3) is 29.5 Å². The monoisotopic (exact) mass is 1520 g/mol. The Hall–Kier alpha value is -13.9. The van der Waals surface area contributed by atoms with Crippen molar-refractivity contribution in [2.24, 2.45) is 0 Å². The Kier molecular flexibility index (Phi) is 23.5. The molecular weight excluding hydrogens is 1430 g/mol. The molecule has 0 saturated carbocycles. The molecule has 0 spiro atoms. The molecule has 10 heterocycles. The largest absolute Gasteiger partial charge is 0.459 e. The first-order valence-corrected chi connectivity index (χ1v) is 37.2. The molecule has 10 aromatic heterocycles. The molecule has 16 rings (SSSR count). The molecule has 6 aromatic carbocycles. The number of sulfone groups is 1. The molecule has 0 unspecified atom stereocenters. The molecule has 16 aromatic rings. The summed E-state index contributed by atoms with van der Waals surface area (Å²) in [6.45, 7) is 17.7. The van der Waals surface area contributed by atoms with Crippen LogP contribution in [0.4, 0.5) is 0 Å². The quantitative estimate of drug-likeness (QED) is 0.0726. The van der Waals surface area contributed by atoms with Crippen LogP contribution >= 0.6 is 0 Å². The summed E-state index contributed by atoms with van der Waals surface area (Å²) in [6, 6.07) is 59.2. The Morgan fingerprint density at radius 1 is 0.411 bits per heavy atom. The SMILES string of the molecule is C=C(c1ccc(-c2cnc(C)c(-c3nnc(-c4ccco4)o3)n2)cc1)N(C)C.CCc1ccc(-c2cnc(C)c(-c3nnc(-c4ccccc4)o3)n2)cn1.Cc1ncc(-c2ccc(S(=O)(=O)C(C)C)cc2)nc1-c1nnc(-c2ccccc2)o1.Cc1ncc(-c2ccccc2CN(C)C)nc1-c1nnc(-c2ccccc2)o1.[HH].[HH].[HH].[HH]. The number of benzene rings is 6. The first-order valence-electron chi connectivity index (χ1n) is 35.6. The van der Waals surface area contributed by atoms with Crippen molar-refractivity contribution < 1.29 is 36.2 Å². The molecule has 568 valence electrons. The van der Waals surface area contributed by atoms with Gasteiger partial charge in [-0.1, -0.05) is 129 Å². The van der Waals surface area contributed by atoms with E-state index in [0.29, 0.717) is 86.9 Å². The molecule has 0 atom stereocenters. The van der Waals surface area contributed by atoms with Crippen LogP contribution < -0.4 is 0 Å². The van der Waals surface area contributed by atoms with Gasteiger partial charge in [-0.3, -0.25) is 24.9 Å². The van der Waals surface area contributed by atoms with E-state index < -0.39 is 15.1 Å². The van der Waals surface area contributed by atoms with Crippen LogP contribution in [0.1, 0.15) is 66.1 Å². The Labute approximate surface area is 652 Å². The molecule has 0 aliphatic carbocycles. The van der Waals surface area contributed by atoms with Crippen molar-refractivity contribution in [2.75, 3.05) is 28.2 Å². The summed E-state index contributed by atoms with van der Waals surface area (Å²) in [5, 5.41) is 32.5. The van der Waals surface area contributed by atoms with E-state index in [-0.39, 0.29) is 16.5 Å². The zero-order valence-electron chi connectivity index (χ0n) is 63.3. The third-order valence-corrected chi connectivity index (χ3v) is 19.7. The van der Waals surface area contributed by atoms with E-state index in [1.807, 2.05) is 207 Å². The first kappa shape index (κ1) is 76.3. The van der Waals surface area contributed by atoms with E-state index in [1.165, 1.54) is 5.56 Å². The van der Waals surface area contributed by atoms with Crippen LogP contribution in [-0.4, -0.2) is 137 Å². The molecule has 0 bridgehead atoms. The Bertz CT molecular complexity index is 6000. The molecule has 0 amide bonds. The summed E-state index contributed by atoms with van der Waals surface area (Å²) in [5.74, 6) is 3.45. The standard InChI is InChI=1S/C22H21N5O.C22H20N4O3S.C21H19N5O2.C20H17N5O.4H2/c1-15-20(22-26-25-21(28-22)16-9-5-4-6-10-16)24-19(13-23-15)18-12-8-7-11-17(18)14-27(2)3;1-14(2)30(27,28)18-11-9-16(10-12-18)19-13-23-15(3)20(24-19)22-26-25-21(29-22)17-7-5-4-6-8-17;1-13-19(21-25-24-20(28-21)18-6-5-11-27-18)23-17(12-22-13)16-9-7-15(8-10-16)14(2)26(3)4;1-3-16-10-9-15(11-22-16)17-12-21-13(2)18(23-17)20-25-24-19(26-20)14-7-5-4-6-8-14;;;;/h4-13H,14H2,1-3H3;4-14H,1-3H3;5-12H,2H2,1,3-4H3;4-12H,3H2,1-2H3;4*1H. The van der Waals surface area contributed by atoms with Gasteiger partial charge in [-0.15, -0.1) is 40.8 Å². The lowest BCUT2D eigenvalue weighted by Gasteiger charge is -2.16. The number of pyridine rings is 1. The fourth-order valence-electron chi connectivity index (χ4n) is 11.2. The average molecular weight is 1520 g/mol. The number of rotatable bonds is 19. The number of hydrogen-bond acceptors (Lipinski definition) is 26. The summed E-state index contributed by atoms with van der Waals surface area (Å²) >= 11 is 0. The Balaban J connectivity index is 0.000000175. The van der Waals surface area contributed by atoms with Crippen molar-refractivity contribution in [3.8, 4) is 137 Å². The lowest BCUT2D eigenvalue weighted by Crippen LogP contribution is -2.13. The van der Waals surface area contributed by atoms with Gasteiger partial charge < -0.3 is 31.9 Å². The molecule has 0 saturated heterocycles. The second-order valence-corrected chi connectivity index (χ2v) is 28.8. The average Bonchev–Trinajstić information content (AvgIpc) is 1.40. The zero-order valence-corrected chi connectivity index (χ0v) is 64.1. The van der Waals surface area contributed by atoms with Gasteiger partial charge in [-0.2, -0.15) is 0 Å². The number of aromatic nitrogens is 17. The highest BCUT2D eigenvalue weighted by atomic mass is 32.2. The minimum atomic E-state index is -3.33. The number of aryl methyl sites for hydroxylation is 5. The highest BCUT2D eigenvalue weighted by Crippen LogP contribution is 2.34. The minimum absolute atomic E-state index is 0. The topological polar surface area (TPSA) is 325 Å². The van der Waals surface area contributed by atoms with E-state index >= 15 is 0 Å². The van der Waals surface area contributed by atoms with Crippen molar-refractivity contribution >= 4 is 15.5 Å². The van der Waals surface area contributed by atoms with E-state index in [1.54, 1.807) is 81.3 Å². The number of furan rings is 1. The van der Waals surface area contributed by atoms with Crippen LogP contribution in [0.25, 0.3) is 143 Å². The van der Waals surface area contributed by atoms with Gasteiger partial charge in [-0.25, -0.2) is 28.4 Å².